The predicted molar refractivity (Wildman–Crippen MR) is 79.0 cm³/mol. The second-order valence-corrected chi connectivity index (χ2v) is 4.44. The van der Waals surface area contributed by atoms with Crippen LogP contribution in [0.25, 0.3) is 0 Å². The summed E-state index contributed by atoms with van der Waals surface area (Å²) >= 11 is 0. The summed E-state index contributed by atoms with van der Waals surface area (Å²) in [5.41, 5.74) is 2.50. The maximum absolute atomic E-state index is 8.82. The van der Waals surface area contributed by atoms with Crippen molar-refractivity contribution >= 4 is 0 Å². The molecular weight excluding hydrogens is 266 g/mol. The first-order valence-electron chi connectivity index (χ1n) is 6.53. The van der Waals surface area contributed by atoms with Crippen LogP contribution in [-0.4, -0.2) is 19.2 Å². The highest BCUT2D eigenvalue weighted by molar-refractivity contribution is 5.40. The molecule has 0 bridgehead atoms. The Morgan fingerprint density at radius 1 is 1.14 bits per heavy atom. The molecule has 0 unspecified atom stereocenters. The minimum Gasteiger partial charge on any atom is -0.497 e. The third-order valence-corrected chi connectivity index (χ3v) is 3.08. The molecule has 0 saturated heterocycles. The summed E-state index contributed by atoms with van der Waals surface area (Å²) in [5.74, 6) is 1.55. The first kappa shape index (κ1) is 14.8. The van der Waals surface area contributed by atoms with E-state index in [2.05, 4.69) is 10.3 Å². The minimum atomic E-state index is 0.427. The lowest BCUT2D eigenvalue weighted by atomic mass is 10.1. The zero-order chi connectivity index (χ0) is 15.1. The lowest BCUT2D eigenvalue weighted by Crippen LogP contribution is -2.13. The molecule has 0 spiro atoms. The summed E-state index contributed by atoms with van der Waals surface area (Å²) < 4.78 is 10.5. The largest absolute Gasteiger partial charge is 0.497 e. The Bertz CT molecular complexity index is 650. The number of rotatable bonds is 6. The second-order valence-electron chi connectivity index (χ2n) is 4.44. The average Bonchev–Trinajstić information content (AvgIpc) is 2.55. The van der Waals surface area contributed by atoms with Crippen molar-refractivity contribution in [2.75, 3.05) is 14.2 Å². The molecule has 2 rings (SSSR count). The maximum Gasteiger partial charge on any atom is 0.140 e. The molecule has 1 N–H and O–H groups in total. The van der Waals surface area contributed by atoms with Gasteiger partial charge in [-0.3, -0.25) is 0 Å². The van der Waals surface area contributed by atoms with Gasteiger partial charge in [-0.1, -0.05) is 6.07 Å². The molecule has 1 aromatic heterocycles. The fourth-order valence-electron chi connectivity index (χ4n) is 1.98. The van der Waals surface area contributed by atoms with Crippen LogP contribution in [0.2, 0.25) is 0 Å². The standard InChI is InChI=1S/C16H17N3O2/c1-20-15-4-3-13(16(8-15)21-2)11-18-10-12-5-6-19-14(7-12)9-17/h3-8,18H,10-11H2,1-2H3. The van der Waals surface area contributed by atoms with Crippen LogP contribution in [-0.2, 0) is 13.1 Å². The van der Waals surface area contributed by atoms with E-state index in [9.17, 15) is 0 Å². The summed E-state index contributed by atoms with van der Waals surface area (Å²) in [4.78, 5) is 3.95. The van der Waals surface area contributed by atoms with Crippen molar-refractivity contribution in [1.29, 1.82) is 5.26 Å². The molecule has 0 atom stereocenters. The molecule has 108 valence electrons. The Hall–Kier alpha value is -2.58. The molecule has 0 aliphatic carbocycles. The van der Waals surface area contributed by atoms with Crippen LogP contribution in [0.5, 0.6) is 11.5 Å². The van der Waals surface area contributed by atoms with E-state index in [0.717, 1.165) is 22.6 Å². The van der Waals surface area contributed by atoms with Crippen LogP contribution >= 0.6 is 0 Å². The SMILES string of the molecule is COc1ccc(CNCc2ccnc(C#N)c2)c(OC)c1. The van der Waals surface area contributed by atoms with Crippen LogP contribution in [0.1, 0.15) is 16.8 Å². The average molecular weight is 283 g/mol. The van der Waals surface area contributed by atoms with E-state index in [1.54, 1.807) is 26.5 Å². The number of aromatic nitrogens is 1. The van der Waals surface area contributed by atoms with Gasteiger partial charge in [0.1, 0.15) is 23.3 Å². The Labute approximate surface area is 124 Å². The van der Waals surface area contributed by atoms with E-state index in [0.29, 0.717) is 18.8 Å². The number of ether oxygens (including phenoxy) is 2. The number of benzene rings is 1. The molecule has 0 aliphatic heterocycles. The van der Waals surface area contributed by atoms with Gasteiger partial charge in [0.05, 0.1) is 14.2 Å². The zero-order valence-electron chi connectivity index (χ0n) is 12.1. The predicted octanol–water partition coefficient (Wildman–Crippen LogP) is 2.26. The number of nitrogens with one attached hydrogen (secondary N) is 1. The molecule has 5 heteroatoms. The highest BCUT2D eigenvalue weighted by Gasteiger charge is 2.05. The van der Waals surface area contributed by atoms with E-state index in [-0.39, 0.29) is 0 Å². The molecular formula is C16H17N3O2. The molecule has 0 amide bonds. The highest BCUT2D eigenvalue weighted by Crippen LogP contribution is 2.24. The van der Waals surface area contributed by atoms with E-state index < -0.39 is 0 Å². The van der Waals surface area contributed by atoms with Crippen molar-refractivity contribution in [1.82, 2.24) is 10.3 Å². The van der Waals surface area contributed by atoms with Gasteiger partial charge in [0.2, 0.25) is 0 Å². The summed E-state index contributed by atoms with van der Waals surface area (Å²) in [7, 11) is 3.27. The summed E-state index contributed by atoms with van der Waals surface area (Å²) in [5, 5.41) is 12.1. The quantitative estimate of drug-likeness (QED) is 0.880. The molecule has 0 radical (unpaired) electrons. The number of hydrogen-bond donors (Lipinski definition) is 1. The van der Waals surface area contributed by atoms with E-state index in [1.807, 2.05) is 30.3 Å². The van der Waals surface area contributed by atoms with Gasteiger partial charge in [0.15, 0.2) is 0 Å². The van der Waals surface area contributed by atoms with Crippen molar-refractivity contribution in [3.8, 4) is 17.6 Å². The van der Waals surface area contributed by atoms with Crippen molar-refractivity contribution < 1.29 is 9.47 Å². The Kier molecular flexibility index (Phi) is 5.13. The van der Waals surface area contributed by atoms with Gasteiger partial charge in [-0.05, 0) is 23.8 Å². The van der Waals surface area contributed by atoms with Gasteiger partial charge in [0, 0.05) is 30.9 Å². The summed E-state index contributed by atoms with van der Waals surface area (Å²) in [6.07, 6.45) is 1.64. The minimum absolute atomic E-state index is 0.427. The molecule has 0 aliphatic rings. The first-order valence-corrected chi connectivity index (χ1v) is 6.53. The number of nitrogens with zero attached hydrogens (tertiary/aromatic N) is 2. The molecule has 21 heavy (non-hydrogen) atoms. The third kappa shape index (κ3) is 3.94. The van der Waals surface area contributed by atoms with Gasteiger partial charge in [-0.15, -0.1) is 0 Å². The van der Waals surface area contributed by atoms with Gasteiger partial charge >= 0.3 is 0 Å². The topological polar surface area (TPSA) is 67.2 Å². The van der Waals surface area contributed by atoms with Gasteiger partial charge in [0.25, 0.3) is 0 Å². The van der Waals surface area contributed by atoms with Crippen molar-refractivity contribution in [2.24, 2.45) is 0 Å². The summed E-state index contributed by atoms with van der Waals surface area (Å²) in [6.45, 7) is 1.32. The molecule has 1 heterocycles. The zero-order valence-corrected chi connectivity index (χ0v) is 12.1. The molecule has 2 aromatic rings. The van der Waals surface area contributed by atoms with Crippen molar-refractivity contribution in [3.05, 3.63) is 53.3 Å². The van der Waals surface area contributed by atoms with Gasteiger partial charge in [-0.25, -0.2) is 4.98 Å². The molecule has 0 saturated carbocycles. The monoisotopic (exact) mass is 283 g/mol. The van der Waals surface area contributed by atoms with Gasteiger partial charge < -0.3 is 14.8 Å². The van der Waals surface area contributed by atoms with Crippen molar-refractivity contribution in [3.63, 3.8) is 0 Å². The first-order chi connectivity index (χ1) is 10.3. The fraction of sp³-hybridized carbons (Fsp3) is 0.250. The second kappa shape index (κ2) is 7.27. The highest BCUT2D eigenvalue weighted by atomic mass is 16.5. The number of nitriles is 1. The van der Waals surface area contributed by atoms with Crippen LogP contribution in [0.4, 0.5) is 0 Å². The van der Waals surface area contributed by atoms with Crippen LogP contribution in [0.15, 0.2) is 36.5 Å². The normalized spacial score (nSPS) is 9.95. The van der Waals surface area contributed by atoms with Crippen LogP contribution in [0.3, 0.4) is 0 Å². The van der Waals surface area contributed by atoms with Gasteiger partial charge in [-0.2, -0.15) is 5.26 Å². The Morgan fingerprint density at radius 3 is 2.71 bits per heavy atom. The van der Waals surface area contributed by atoms with Crippen LogP contribution in [0, 0.1) is 11.3 Å². The van der Waals surface area contributed by atoms with E-state index in [4.69, 9.17) is 14.7 Å². The Morgan fingerprint density at radius 2 is 2.00 bits per heavy atom. The molecule has 5 nitrogen and oxygen atoms in total. The van der Waals surface area contributed by atoms with E-state index in [1.165, 1.54) is 0 Å². The fourth-order valence-corrected chi connectivity index (χ4v) is 1.98. The van der Waals surface area contributed by atoms with Crippen molar-refractivity contribution in [2.45, 2.75) is 13.1 Å². The smallest absolute Gasteiger partial charge is 0.140 e. The maximum atomic E-state index is 8.82. The van der Waals surface area contributed by atoms with E-state index >= 15 is 0 Å². The van der Waals surface area contributed by atoms with Crippen LogP contribution < -0.4 is 14.8 Å². The third-order valence-electron chi connectivity index (χ3n) is 3.08. The number of hydrogen-bond acceptors (Lipinski definition) is 5. The Balaban J connectivity index is 1.98. The molecule has 0 fully saturated rings. The number of methoxy groups -OCH3 is 2. The number of pyridine rings is 1. The lowest BCUT2D eigenvalue weighted by molar-refractivity contribution is 0.390. The molecule has 1 aromatic carbocycles. The lowest BCUT2D eigenvalue weighted by Gasteiger charge is -2.11. The summed E-state index contributed by atoms with van der Waals surface area (Å²) in [6, 6.07) is 11.4.